The Kier molecular flexibility index (Phi) is 6.88. The smallest absolute Gasteiger partial charge is 0.247 e. The van der Waals surface area contributed by atoms with Crippen LogP contribution < -0.4 is 9.64 Å². The Bertz CT molecular complexity index is 1170. The van der Waals surface area contributed by atoms with Gasteiger partial charge in [0, 0.05) is 17.7 Å². The molecule has 2 aromatic carbocycles. The highest BCUT2D eigenvalue weighted by Crippen LogP contribution is 2.44. The zero-order chi connectivity index (χ0) is 23.5. The van der Waals surface area contributed by atoms with Gasteiger partial charge in [-0.05, 0) is 24.5 Å². The molecular formula is C24H24F2N4O2S. The number of halogens is 2. The van der Waals surface area contributed by atoms with E-state index in [1.54, 1.807) is 24.3 Å². The number of rotatable bonds is 6. The van der Waals surface area contributed by atoms with Gasteiger partial charge in [0.05, 0.1) is 11.3 Å². The van der Waals surface area contributed by atoms with Gasteiger partial charge in [-0.25, -0.2) is 8.78 Å². The third kappa shape index (κ3) is 4.68. The SMILES string of the molecule is CCCC(=O)N1c2ccccc2-c2nnc(SCC(C)C)nc2OC1c1cccc(F)c1F. The number of benzene rings is 2. The Morgan fingerprint density at radius 2 is 1.94 bits per heavy atom. The lowest BCUT2D eigenvalue weighted by atomic mass is 10.1. The second-order valence-electron chi connectivity index (χ2n) is 8.10. The molecule has 0 fully saturated rings. The van der Waals surface area contributed by atoms with Crippen molar-refractivity contribution in [2.45, 2.75) is 45.0 Å². The first-order chi connectivity index (χ1) is 15.9. The van der Waals surface area contributed by atoms with Gasteiger partial charge in [0.2, 0.25) is 23.2 Å². The third-order valence-electron chi connectivity index (χ3n) is 5.04. The van der Waals surface area contributed by atoms with Gasteiger partial charge >= 0.3 is 0 Å². The maximum atomic E-state index is 14.9. The third-order valence-corrected chi connectivity index (χ3v) is 6.30. The van der Waals surface area contributed by atoms with E-state index >= 15 is 0 Å². The standard InChI is InChI=1S/C24H24F2N4O2S/c1-4-8-19(31)30-18-12-6-5-9-15(18)21-22(27-24(29-28-21)33-13-14(2)3)32-23(30)16-10-7-11-17(25)20(16)26/h5-7,9-12,14,23H,4,8,13H2,1-3H3. The van der Waals surface area contributed by atoms with Crippen molar-refractivity contribution in [2.24, 2.45) is 5.92 Å². The maximum absolute atomic E-state index is 14.9. The fraction of sp³-hybridized carbons (Fsp3) is 0.333. The van der Waals surface area contributed by atoms with Crippen molar-refractivity contribution in [1.29, 1.82) is 0 Å². The van der Waals surface area contributed by atoms with E-state index in [0.717, 1.165) is 11.8 Å². The number of aromatic nitrogens is 3. The van der Waals surface area contributed by atoms with Gasteiger partial charge in [-0.15, -0.1) is 10.2 Å². The predicted molar refractivity (Wildman–Crippen MR) is 123 cm³/mol. The molecule has 1 aliphatic heterocycles. The minimum Gasteiger partial charge on any atom is -0.447 e. The van der Waals surface area contributed by atoms with Crippen LogP contribution in [0.2, 0.25) is 0 Å². The zero-order valence-corrected chi connectivity index (χ0v) is 19.4. The maximum Gasteiger partial charge on any atom is 0.247 e. The van der Waals surface area contributed by atoms with E-state index in [2.05, 4.69) is 29.0 Å². The van der Waals surface area contributed by atoms with Crippen LogP contribution in [-0.2, 0) is 4.79 Å². The predicted octanol–water partition coefficient (Wildman–Crippen LogP) is 5.79. The molecule has 0 radical (unpaired) electrons. The summed E-state index contributed by atoms with van der Waals surface area (Å²) in [5.41, 5.74) is 1.30. The van der Waals surface area contributed by atoms with Crippen molar-refractivity contribution in [3.8, 4) is 17.1 Å². The van der Waals surface area contributed by atoms with Crippen LogP contribution in [0.5, 0.6) is 5.88 Å². The zero-order valence-electron chi connectivity index (χ0n) is 18.6. The molecule has 1 aromatic heterocycles. The number of thioether (sulfide) groups is 1. The molecule has 1 atom stereocenters. The molecule has 0 saturated heterocycles. The van der Waals surface area contributed by atoms with Crippen LogP contribution in [0.3, 0.4) is 0 Å². The lowest BCUT2D eigenvalue weighted by molar-refractivity contribution is -0.120. The second kappa shape index (κ2) is 9.82. The van der Waals surface area contributed by atoms with E-state index in [1.165, 1.54) is 28.8 Å². The van der Waals surface area contributed by atoms with Crippen molar-refractivity contribution in [3.05, 3.63) is 59.7 Å². The lowest BCUT2D eigenvalue weighted by Gasteiger charge is -2.31. The van der Waals surface area contributed by atoms with Crippen LogP contribution in [0.15, 0.2) is 47.6 Å². The summed E-state index contributed by atoms with van der Waals surface area (Å²) < 4.78 is 35.3. The quantitative estimate of drug-likeness (QED) is 0.425. The highest BCUT2D eigenvalue weighted by Gasteiger charge is 2.37. The van der Waals surface area contributed by atoms with Crippen LogP contribution in [0.25, 0.3) is 11.3 Å². The highest BCUT2D eigenvalue weighted by atomic mass is 32.2. The Balaban J connectivity index is 1.91. The van der Waals surface area contributed by atoms with Crippen molar-refractivity contribution in [1.82, 2.24) is 15.2 Å². The van der Waals surface area contributed by atoms with Crippen LogP contribution in [0.1, 0.15) is 45.4 Å². The van der Waals surface area contributed by atoms with E-state index in [0.29, 0.717) is 34.4 Å². The topological polar surface area (TPSA) is 68.2 Å². The molecule has 4 rings (SSSR count). The molecule has 1 unspecified atom stereocenters. The molecule has 3 aromatic rings. The molecule has 0 bridgehead atoms. The Morgan fingerprint density at radius 1 is 1.15 bits per heavy atom. The summed E-state index contributed by atoms with van der Waals surface area (Å²) in [5.74, 6) is -1.08. The van der Waals surface area contributed by atoms with Gasteiger partial charge in [-0.3, -0.25) is 9.69 Å². The molecule has 0 aliphatic carbocycles. The first-order valence-corrected chi connectivity index (χ1v) is 11.8. The largest absolute Gasteiger partial charge is 0.447 e. The average molecular weight is 471 g/mol. The first-order valence-electron chi connectivity index (χ1n) is 10.8. The Hall–Kier alpha value is -3.07. The molecular weight excluding hydrogens is 446 g/mol. The summed E-state index contributed by atoms with van der Waals surface area (Å²) in [7, 11) is 0. The van der Waals surface area contributed by atoms with Gasteiger partial charge in [0.1, 0.15) is 0 Å². The Labute approximate surface area is 195 Å². The van der Waals surface area contributed by atoms with E-state index in [4.69, 9.17) is 4.74 Å². The second-order valence-corrected chi connectivity index (χ2v) is 9.08. The number of carbonyl (C=O) groups is 1. The van der Waals surface area contributed by atoms with Crippen molar-refractivity contribution >= 4 is 23.4 Å². The summed E-state index contributed by atoms with van der Waals surface area (Å²) >= 11 is 1.43. The first kappa shape index (κ1) is 23.1. The van der Waals surface area contributed by atoms with Gasteiger partial charge in [-0.1, -0.05) is 62.9 Å². The molecule has 2 heterocycles. The number of para-hydroxylation sites is 1. The summed E-state index contributed by atoms with van der Waals surface area (Å²) in [6.45, 7) is 6.04. The number of anilines is 1. The van der Waals surface area contributed by atoms with Crippen LogP contribution >= 0.6 is 11.8 Å². The number of carbonyl (C=O) groups excluding carboxylic acids is 1. The average Bonchev–Trinajstić information content (AvgIpc) is 2.94. The van der Waals surface area contributed by atoms with Crippen LogP contribution in [0.4, 0.5) is 14.5 Å². The van der Waals surface area contributed by atoms with E-state index in [-0.39, 0.29) is 23.8 Å². The molecule has 9 heteroatoms. The van der Waals surface area contributed by atoms with Crippen LogP contribution in [-0.4, -0.2) is 26.8 Å². The fourth-order valence-corrected chi connectivity index (χ4v) is 4.26. The monoisotopic (exact) mass is 470 g/mol. The number of hydrogen-bond donors (Lipinski definition) is 0. The Morgan fingerprint density at radius 3 is 2.70 bits per heavy atom. The van der Waals surface area contributed by atoms with Gasteiger partial charge in [-0.2, -0.15) is 4.98 Å². The van der Waals surface area contributed by atoms with E-state index < -0.39 is 17.9 Å². The van der Waals surface area contributed by atoms with Gasteiger partial charge in [0.15, 0.2) is 17.3 Å². The van der Waals surface area contributed by atoms with Crippen molar-refractivity contribution < 1.29 is 18.3 Å². The summed E-state index contributed by atoms with van der Waals surface area (Å²) in [5, 5.41) is 8.98. The molecule has 0 saturated carbocycles. The molecule has 1 amide bonds. The number of nitrogens with zero attached hydrogens (tertiary/aromatic N) is 4. The fourth-order valence-electron chi connectivity index (χ4n) is 3.53. The number of hydrogen-bond acceptors (Lipinski definition) is 6. The molecule has 6 nitrogen and oxygen atoms in total. The molecule has 172 valence electrons. The lowest BCUT2D eigenvalue weighted by Crippen LogP contribution is -2.38. The minimum absolute atomic E-state index is 0.0999. The highest BCUT2D eigenvalue weighted by molar-refractivity contribution is 7.99. The van der Waals surface area contributed by atoms with Gasteiger partial charge in [0.25, 0.3) is 0 Å². The molecule has 0 N–H and O–H groups in total. The van der Waals surface area contributed by atoms with E-state index in [9.17, 15) is 13.6 Å². The van der Waals surface area contributed by atoms with Gasteiger partial charge < -0.3 is 4.74 Å². The number of amides is 1. The summed E-state index contributed by atoms with van der Waals surface area (Å²) in [6.07, 6.45) is -0.478. The normalized spacial score (nSPS) is 15.0. The van der Waals surface area contributed by atoms with Crippen molar-refractivity contribution in [3.63, 3.8) is 0 Å². The van der Waals surface area contributed by atoms with Crippen molar-refractivity contribution in [2.75, 3.05) is 10.7 Å². The molecule has 1 aliphatic rings. The number of fused-ring (bicyclic) bond motifs is 3. The number of ether oxygens (including phenoxy) is 1. The molecule has 33 heavy (non-hydrogen) atoms. The van der Waals surface area contributed by atoms with E-state index in [1.807, 2.05) is 6.92 Å². The summed E-state index contributed by atoms with van der Waals surface area (Å²) in [4.78, 5) is 19.1. The molecule has 0 spiro atoms. The van der Waals surface area contributed by atoms with Crippen LogP contribution in [0, 0.1) is 17.6 Å². The minimum atomic E-state index is -1.26. The summed E-state index contributed by atoms with van der Waals surface area (Å²) in [6, 6.07) is 10.9.